The lowest BCUT2D eigenvalue weighted by Gasteiger charge is -2.39. The van der Waals surface area contributed by atoms with Crippen LogP contribution < -0.4 is 5.73 Å². The van der Waals surface area contributed by atoms with Crippen LogP contribution in [0.25, 0.3) is 0 Å². The molecule has 49 heavy (non-hydrogen) atoms. The molecule has 0 aromatic carbocycles. The van der Waals surface area contributed by atoms with E-state index in [1.165, 1.54) is 128 Å². The van der Waals surface area contributed by atoms with Gasteiger partial charge in [0.25, 0.3) is 0 Å². The Bertz CT molecular complexity index is 699. The quantitative estimate of drug-likeness (QED) is 0.0522. The van der Waals surface area contributed by atoms with Gasteiger partial charge in [-0.15, -0.1) is 0 Å². The van der Waals surface area contributed by atoms with E-state index >= 15 is 0 Å². The largest absolute Gasteiger partial charge is 0.464 e. The number of likely N-dealkylation sites (tertiary alicyclic amines) is 1. The van der Waals surface area contributed by atoms with E-state index in [1.54, 1.807) is 0 Å². The Morgan fingerprint density at radius 2 is 0.980 bits per heavy atom. The average molecular weight is 694 g/mol. The Morgan fingerprint density at radius 1 is 0.612 bits per heavy atom. The first-order valence-electron chi connectivity index (χ1n) is 21.5. The van der Waals surface area contributed by atoms with Crippen LogP contribution in [-0.4, -0.2) is 80.3 Å². The van der Waals surface area contributed by atoms with E-state index < -0.39 is 0 Å². The summed E-state index contributed by atoms with van der Waals surface area (Å²) >= 11 is 0. The van der Waals surface area contributed by atoms with Crippen molar-refractivity contribution in [3.8, 4) is 0 Å². The number of carbonyl (C=O) groups is 2. The number of rotatable bonds is 35. The molecule has 1 rings (SSSR count). The van der Waals surface area contributed by atoms with Crippen molar-refractivity contribution in [2.24, 2.45) is 11.7 Å². The predicted molar refractivity (Wildman–Crippen MR) is 208 cm³/mol. The van der Waals surface area contributed by atoms with Crippen molar-refractivity contribution in [2.45, 2.75) is 200 Å². The van der Waals surface area contributed by atoms with Crippen LogP contribution in [0.5, 0.6) is 0 Å². The standard InChI is InChI=1S/C42H83N3O4/c1-4-6-8-10-12-14-16-18-20-22-24-27-41(46)48-37-35-45(39(3)40-29-33-44(34-30-40)32-26-31-43)36-38-49-42(47)28-25-23-21-19-17-15-13-11-9-7-5-2/h39-40H,4-38,43H2,1-3H3. The molecule has 7 nitrogen and oxygen atoms in total. The summed E-state index contributed by atoms with van der Waals surface area (Å²) in [6, 6.07) is 0.354. The Morgan fingerprint density at radius 3 is 1.35 bits per heavy atom. The highest BCUT2D eigenvalue weighted by Crippen LogP contribution is 2.24. The van der Waals surface area contributed by atoms with Crippen molar-refractivity contribution >= 4 is 11.9 Å². The van der Waals surface area contributed by atoms with Gasteiger partial charge in [-0.1, -0.05) is 142 Å². The van der Waals surface area contributed by atoms with Crippen LogP contribution in [0.4, 0.5) is 0 Å². The summed E-state index contributed by atoms with van der Waals surface area (Å²) in [4.78, 5) is 29.9. The van der Waals surface area contributed by atoms with E-state index in [0.29, 0.717) is 51.1 Å². The zero-order valence-electron chi connectivity index (χ0n) is 33.0. The molecule has 0 aromatic heterocycles. The number of piperidine rings is 1. The van der Waals surface area contributed by atoms with Crippen LogP contribution in [0.2, 0.25) is 0 Å². The molecular weight excluding hydrogens is 610 g/mol. The maximum atomic E-state index is 12.5. The summed E-state index contributed by atoms with van der Waals surface area (Å²) in [6.45, 7) is 13.1. The van der Waals surface area contributed by atoms with Crippen molar-refractivity contribution < 1.29 is 19.1 Å². The molecule has 1 fully saturated rings. The first-order chi connectivity index (χ1) is 24.0. The van der Waals surface area contributed by atoms with Crippen LogP contribution in [0.1, 0.15) is 194 Å². The zero-order valence-corrected chi connectivity index (χ0v) is 33.0. The number of nitrogens with zero attached hydrogens (tertiary/aromatic N) is 2. The molecule has 1 atom stereocenters. The average Bonchev–Trinajstić information content (AvgIpc) is 3.11. The topological polar surface area (TPSA) is 85.1 Å². The van der Waals surface area contributed by atoms with E-state index in [4.69, 9.17) is 15.2 Å². The molecule has 1 aliphatic rings. The molecule has 0 amide bonds. The van der Waals surface area contributed by atoms with Crippen LogP contribution >= 0.6 is 0 Å². The molecule has 0 aliphatic carbocycles. The van der Waals surface area contributed by atoms with E-state index in [1.807, 2.05) is 0 Å². The van der Waals surface area contributed by atoms with Gasteiger partial charge in [0.15, 0.2) is 0 Å². The van der Waals surface area contributed by atoms with Gasteiger partial charge >= 0.3 is 11.9 Å². The fraction of sp³-hybridized carbons (Fsp3) is 0.952. The number of nitrogens with two attached hydrogens (primary N) is 1. The van der Waals surface area contributed by atoms with Crippen LogP contribution in [0.3, 0.4) is 0 Å². The minimum atomic E-state index is -0.0739. The maximum Gasteiger partial charge on any atom is 0.305 e. The first-order valence-corrected chi connectivity index (χ1v) is 21.5. The highest BCUT2D eigenvalue weighted by Gasteiger charge is 2.28. The lowest BCUT2D eigenvalue weighted by Crippen LogP contribution is -2.46. The van der Waals surface area contributed by atoms with Gasteiger partial charge in [-0.05, 0) is 71.1 Å². The normalized spacial score (nSPS) is 14.8. The Balaban J connectivity index is 2.31. The fourth-order valence-corrected chi connectivity index (χ4v) is 7.36. The first kappa shape index (κ1) is 45.8. The number of unbranched alkanes of at least 4 members (excludes halogenated alkanes) is 20. The summed E-state index contributed by atoms with van der Waals surface area (Å²) < 4.78 is 11.4. The van der Waals surface area contributed by atoms with Gasteiger partial charge in [0.05, 0.1) is 0 Å². The molecule has 1 heterocycles. The SMILES string of the molecule is CCCCCCCCCCCCCC(=O)OCCN(CCOC(=O)CCCCCCCCCCCCC)C(C)C1CCN(CCCN)CC1. The smallest absolute Gasteiger partial charge is 0.305 e. The van der Waals surface area contributed by atoms with Gasteiger partial charge in [-0.3, -0.25) is 14.5 Å². The summed E-state index contributed by atoms with van der Waals surface area (Å²) in [7, 11) is 0. The summed E-state index contributed by atoms with van der Waals surface area (Å²) in [5.74, 6) is 0.443. The summed E-state index contributed by atoms with van der Waals surface area (Å²) in [5.41, 5.74) is 5.74. The minimum Gasteiger partial charge on any atom is -0.464 e. The van der Waals surface area contributed by atoms with Crippen molar-refractivity contribution in [2.75, 3.05) is 52.5 Å². The van der Waals surface area contributed by atoms with E-state index in [9.17, 15) is 9.59 Å². The second-order valence-electron chi connectivity index (χ2n) is 15.1. The molecule has 0 radical (unpaired) electrons. The maximum absolute atomic E-state index is 12.5. The van der Waals surface area contributed by atoms with Crippen LogP contribution in [0.15, 0.2) is 0 Å². The van der Waals surface area contributed by atoms with Gasteiger partial charge in [0, 0.05) is 32.0 Å². The molecule has 0 spiro atoms. The molecule has 0 saturated carbocycles. The van der Waals surface area contributed by atoms with Crippen molar-refractivity contribution in [1.29, 1.82) is 0 Å². The van der Waals surface area contributed by atoms with Crippen molar-refractivity contribution in [1.82, 2.24) is 9.80 Å². The molecule has 1 unspecified atom stereocenters. The molecule has 2 N–H and O–H groups in total. The lowest BCUT2D eigenvalue weighted by molar-refractivity contribution is -0.145. The lowest BCUT2D eigenvalue weighted by atomic mass is 9.89. The van der Waals surface area contributed by atoms with Crippen molar-refractivity contribution in [3.63, 3.8) is 0 Å². The molecular formula is C42H83N3O4. The second-order valence-corrected chi connectivity index (χ2v) is 15.1. The van der Waals surface area contributed by atoms with E-state index in [-0.39, 0.29) is 11.9 Å². The highest BCUT2D eigenvalue weighted by atomic mass is 16.5. The number of carbonyl (C=O) groups excluding carboxylic acids is 2. The van der Waals surface area contributed by atoms with Crippen LogP contribution in [-0.2, 0) is 19.1 Å². The Labute approximate surface area is 304 Å². The fourth-order valence-electron chi connectivity index (χ4n) is 7.36. The number of hydrogen-bond donors (Lipinski definition) is 1. The zero-order chi connectivity index (χ0) is 35.6. The van der Waals surface area contributed by atoms with E-state index in [0.717, 1.165) is 58.3 Å². The second kappa shape index (κ2) is 33.9. The monoisotopic (exact) mass is 694 g/mol. The number of esters is 2. The third kappa shape index (κ3) is 27.2. The molecule has 1 aliphatic heterocycles. The summed E-state index contributed by atoms with van der Waals surface area (Å²) in [6.07, 6.45) is 32.5. The van der Waals surface area contributed by atoms with E-state index in [2.05, 4.69) is 30.6 Å². The van der Waals surface area contributed by atoms with Gasteiger partial charge in [-0.2, -0.15) is 0 Å². The van der Waals surface area contributed by atoms with Gasteiger partial charge < -0.3 is 20.1 Å². The third-order valence-electron chi connectivity index (χ3n) is 10.8. The predicted octanol–water partition coefficient (Wildman–Crippen LogP) is 10.2. The Hall–Kier alpha value is -1.18. The third-order valence-corrected chi connectivity index (χ3v) is 10.8. The molecule has 290 valence electrons. The van der Waals surface area contributed by atoms with Gasteiger partial charge in [0.2, 0.25) is 0 Å². The molecule has 0 aromatic rings. The van der Waals surface area contributed by atoms with Gasteiger partial charge in [-0.25, -0.2) is 0 Å². The molecule has 0 bridgehead atoms. The molecule has 1 saturated heterocycles. The van der Waals surface area contributed by atoms with Gasteiger partial charge in [0.1, 0.15) is 13.2 Å². The highest BCUT2D eigenvalue weighted by molar-refractivity contribution is 5.69. The van der Waals surface area contributed by atoms with Crippen molar-refractivity contribution in [3.05, 3.63) is 0 Å². The summed E-state index contributed by atoms with van der Waals surface area (Å²) in [5, 5.41) is 0. The number of ether oxygens (including phenoxy) is 2. The molecule has 7 heteroatoms. The Kier molecular flexibility index (Phi) is 31.7. The number of hydrogen-bond acceptors (Lipinski definition) is 7. The van der Waals surface area contributed by atoms with Crippen LogP contribution in [0, 0.1) is 5.92 Å². The minimum absolute atomic E-state index is 0.0739.